The molecule has 0 bridgehead atoms. The molecule has 0 saturated carbocycles. The van der Waals surface area contributed by atoms with Gasteiger partial charge in [-0.25, -0.2) is 4.98 Å². The van der Waals surface area contributed by atoms with Crippen molar-refractivity contribution < 1.29 is 9.53 Å². The molecule has 6 heteroatoms. The number of piperidine rings is 1. The van der Waals surface area contributed by atoms with Gasteiger partial charge in [-0.05, 0) is 31.9 Å². The van der Waals surface area contributed by atoms with Gasteiger partial charge in [-0.15, -0.1) is 11.3 Å². The maximum atomic E-state index is 12.6. The molecule has 0 N–H and O–H groups in total. The standard InChI is InChI=1S/C16H19N3O2S/c1-12(21-14-5-2-6-17-10-14)16(20)19-8-3-4-13(11-19)15-18-7-9-22-15/h2,5-7,9-10,12-13H,3-4,8,11H2,1H3. The molecule has 0 aliphatic carbocycles. The quantitative estimate of drug-likeness (QED) is 0.870. The normalized spacial score (nSPS) is 19.7. The van der Waals surface area contributed by atoms with Crippen LogP contribution in [0.4, 0.5) is 0 Å². The molecule has 2 unspecified atom stereocenters. The first kappa shape index (κ1) is 15.0. The number of hydrogen-bond donors (Lipinski definition) is 0. The van der Waals surface area contributed by atoms with E-state index in [0.717, 1.165) is 30.9 Å². The lowest BCUT2D eigenvalue weighted by atomic mass is 9.98. The van der Waals surface area contributed by atoms with Crippen molar-refractivity contribution >= 4 is 17.2 Å². The predicted molar refractivity (Wildman–Crippen MR) is 85.0 cm³/mol. The average Bonchev–Trinajstić information content (AvgIpc) is 3.10. The van der Waals surface area contributed by atoms with Crippen molar-refractivity contribution in [1.29, 1.82) is 0 Å². The van der Waals surface area contributed by atoms with Crippen molar-refractivity contribution in [3.8, 4) is 5.75 Å². The molecule has 2 aromatic heterocycles. The van der Waals surface area contributed by atoms with Crippen LogP contribution in [0.3, 0.4) is 0 Å². The summed E-state index contributed by atoms with van der Waals surface area (Å²) < 4.78 is 5.69. The summed E-state index contributed by atoms with van der Waals surface area (Å²) in [5.41, 5.74) is 0. The number of aromatic nitrogens is 2. The van der Waals surface area contributed by atoms with E-state index in [4.69, 9.17) is 4.74 Å². The summed E-state index contributed by atoms with van der Waals surface area (Å²) >= 11 is 1.67. The molecule has 1 saturated heterocycles. The Labute approximate surface area is 134 Å². The maximum Gasteiger partial charge on any atom is 0.263 e. The highest BCUT2D eigenvalue weighted by atomic mass is 32.1. The van der Waals surface area contributed by atoms with Crippen LogP contribution in [0.1, 0.15) is 30.7 Å². The lowest BCUT2D eigenvalue weighted by molar-refractivity contribution is -0.139. The number of ether oxygens (including phenoxy) is 1. The Morgan fingerprint density at radius 3 is 3.14 bits per heavy atom. The molecule has 1 aliphatic rings. The topological polar surface area (TPSA) is 55.3 Å². The van der Waals surface area contributed by atoms with Crippen molar-refractivity contribution in [3.63, 3.8) is 0 Å². The molecule has 0 aromatic carbocycles. The fourth-order valence-corrected chi connectivity index (χ4v) is 3.51. The largest absolute Gasteiger partial charge is 0.479 e. The molecule has 2 atom stereocenters. The van der Waals surface area contributed by atoms with Crippen LogP contribution in [0.25, 0.3) is 0 Å². The van der Waals surface area contributed by atoms with Gasteiger partial charge in [0, 0.05) is 36.8 Å². The zero-order valence-corrected chi connectivity index (χ0v) is 13.3. The summed E-state index contributed by atoms with van der Waals surface area (Å²) in [6, 6.07) is 3.61. The van der Waals surface area contributed by atoms with Crippen molar-refractivity contribution in [1.82, 2.24) is 14.9 Å². The second-order valence-electron chi connectivity index (χ2n) is 5.44. The Balaban J connectivity index is 1.61. The van der Waals surface area contributed by atoms with Gasteiger partial charge in [0.05, 0.1) is 11.2 Å². The minimum absolute atomic E-state index is 0.0325. The fraction of sp³-hybridized carbons (Fsp3) is 0.438. The van der Waals surface area contributed by atoms with E-state index in [9.17, 15) is 4.79 Å². The van der Waals surface area contributed by atoms with Crippen LogP contribution >= 0.6 is 11.3 Å². The molecule has 2 aromatic rings. The van der Waals surface area contributed by atoms with E-state index < -0.39 is 6.10 Å². The number of carbonyl (C=O) groups is 1. The van der Waals surface area contributed by atoms with Crippen LogP contribution in [0.2, 0.25) is 0 Å². The number of hydrogen-bond acceptors (Lipinski definition) is 5. The fourth-order valence-electron chi connectivity index (χ4n) is 2.74. The summed E-state index contributed by atoms with van der Waals surface area (Å²) in [5.74, 6) is 1.00. The second kappa shape index (κ2) is 6.87. The molecule has 0 spiro atoms. The average molecular weight is 317 g/mol. The lowest BCUT2D eigenvalue weighted by Crippen LogP contribution is -2.45. The molecule has 1 aliphatic heterocycles. The third-order valence-electron chi connectivity index (χ3n) is 3.83. The first-order chi connectivity index (χ1) is 10.7. The number of nitrogens with zero attached hydrogens (tertiary/aromatic N) is 3. The van der Waals surface area contributed by atoms with E-state index in [0.29, 0.717) is 11.7 Å². The maximum absolute atomic E-state index is 12.6. The van der Waals surface area contributed by atoms with Gasteiger partial charge in [0.15, 0.2) is 6.10 Å². The molecular weight excluding hydrogens is 298 g/mol. The predicted octanol–water partition coefficient (Wildman–Crippen LogP) is 2.71. The van der Waals surface area contributed by atoms with Gasteiger partial charge in [-0.3, -0.25) is 9.78 Å². The zero-order chi connectivity index (χ0) is 15.4. The van der Waals surface area contributed by atoms with E-state index in [1.165, 1.54) is 0 Å². The summed E-state index contributed by atoms with van der Waals surface area (Å²) in [7, 11) is 0. The third-order valence-corrected chi connectivity index (χ3v) is 4.77. The van der Waals surface area contributed by atoms with E-state index in [1.807, 2.05) is 22.5 Å². The van der Waals surface area contributed by atoms with Gasteiger partial charge in [0.1, 0.15) is 5.75 Å². The summed E-state index contributed by atoms with van der Waals surface area (Å²) in [5, 5.41) is 3.11. The van der Waals surface area contributed by atoms with Crippen molar-refractivity contribution in [3.05, 3.63) is 41.1 Å². The first-order valence-electron chi connectivity index (χ1n) is 7.49. The molecule has 3 heterocycles. The van der Waals surface area contributed by atoms with Gasteiger partial charge in [-0.2, -0.15) is 0 Å². The number of pyridine rings is 1. The summed E-state index contributed by atoms with van der Waals surface area (Å²) in [4.78, 5) is 22.9. The third kappa shape index (κ3) is 3.44. The monoisotopic (exact) mass is 317 g/mol. The van der Waals surface area contributed by atoms with E-state index in [2.05, 4.69) is 9.97 Å². The molecule has 116 valence electrons. The minimum atomic E-state index is -0.501. The molecule has 1 amide bonds. The number of carbonyl (C=O) groups excluding carboxylic acids is 1. The van der Waals surface area contributed by atoms with Gasteiger partial charge in [0.25, 0.3) is 5.91 Å². The highest BCUT2D eigenvalue weighted by molar-refractivity contribution is 7.09. The van der Waals surface area contributed by atoms with E-state index in [-0.39, 0.29) is 5.91 Å². The Morgan fingerprint density at radius 1 is 1.50 bits per heavy atom. The van der Waals surface area contributed by atoms with Crippen molar-refractivity contribution in [2.24, 2.45) is 0 Å². The minimum Gasteiger partial charge on any atom is -0.479 e. The Bertz CT molecular complexity index is 603. The molecule has 22 heavy (non-hydrogen) atoms. The van der Waals surface area contributed by atoms with Gasteiger partial charge < -0.3 is 9.64 Å². The highest BCUT2D eigenvalue weighted by Crippen LogP contribution is 2.28. The van der Waals surface area contributed by atoms with Crippen molar-refractivity contribution in [2.75, 3.05) is 13.1 Å². The number of amides is 1. The van der Waals surface area contributed by atoms with Crippen LogP contribution in [0, 0.1) is 0 Å². The summed E-state index contributed by atoms with van der Waals surface area (Å²) in [6.07, 6.45) is 6.74. The number of thiazole rings is 1. The van der Waals surface area contributed by atoms with Crippen LogP contribution < -0.4 is 4.74 Å². The first-order valence-corrected chi connectivity index (χ1v) is 8.37. The highest BCUT2D eigenvalue weighted by Gasteiger charge is 2.29. The smallest absolute Gasteiger partial charge is 0.263 e. The van der Waals surface area contributed by atoms with Crippen LogP contribution in [-0.4, -0.2) is 40.0 Å². The molecule has 1 fully saturated rings. The molecule has 5 nitrogen and oxygen atoms in total. The Hall–Kier alpha value is -1.95. The van der Waals surface area contributed by atoms with Gasteiger partial charge in [-0.1, -0.05) is 0 Å². The second-order valence-corrected chi connectivity index (χ2v) is 6.37. The van der Waals surface area contributed by atoms with Crippen molar-refractivity contribution in [2.45, 2.75) is 31.8 Å². The molecular formula is C16H19N3O2S. The van der Waals surface area contributed by atoms with E-state index in [1.54, 1.807) is 36.7 Å². The SMILES string of the molecule is CC(Oc1cccnc1)C(=O)N1CCCC(c2nccs2)C1. The molecule has 3 rings (SSSR count). The Morgan fingerprint density at radius 2 is 2.41 bits per heavy atom. The van der Waals surface area contributed by atoms with Gasteiger partial charge >= 0.3 is 0 Å². The van der Waals surface area contributed by atoms with E-state index >= 15 is 0 Å². The molecule has 0 radical (unpaired) electrons. The van der Waals surface area contributed by atoms with Gasteiger partial charge in [0.2, 0.25) is 0 Å². The number of rotatable bonds is 4. The zero-order valence-electron chi connectivity index (χ0n) is 12.5. The van der Waals surface area contributed by atoms with Crippen LogP contribution in [0.5, 0.6) is 5.75 Å². The number of likely N-dealkylation sites (tertiary alicyclic amines) is 1. The Kier molecular flexibility index (Phi) is 4.68. The van der Waals surface area contributed by atoms with Crippen LogP contribution in [0.15, 0.2) is 36.1 Å². The summed E-state index contributed by atoms with van der Waals surface area (Å²) in [6.45, 7) is 3.32. The van der Waals surface area contributed by atoms with Crippen LogP contribution in [-0.2, 0) is 4.79 Å². The lowest BCUT2D eigenvalue weighted by Gasteiger charge is -2.33.